The second-order valence-corrected chi connectivity index (χ2v) is 5.08. The molecular weight excluding hydrogens is 218 g/mol. The number of hydrogen-bond donors (Lipinski definition) is 1. The average molecular weight is 237 g/mol. The Labute approximate surface area is 102 Å². The Bertz CT molecular complexity index is 354. The van der Waals surface area contributed by atoms with Crippen LogP contribution in [-0.4, -0.2) is 19.4 Å². The maximum absolute atomic E-state index is 5.57. The Morgan fingerprint density at radius 3 is 3.12 bits per heavy atom. The first-order valence-corrected chi connectivity index (χ1v) is 7.01. The zero-order valence-corrected chi connectivity index (χ0v) is 10.8. The third kappa shape index (κ3) is 2.53. The first-order valence-electron chi connectivity index (χ1n) is 5.85. The molecule has 0 saturated carbocycles. The maximum atomic E-state index is 5.57. The number of thioether (sulfide) groups is 1. The summed E-state index contributed by atoms with van der Waals surface area (Å²) in [6.45, 7) is 2.76. The summed E-state index contributed by atoms with van der Waals surface area (Å²) in [5.41, 5.74) is 2.86. The van der Waals surface area contributed by atoms with E-state index in [-0.39, 0.29) is 0 Å². The summed E-state index contributed by atoms with van der Waals surface area (Å²) in [5.74, 6) is 3.35. The Balaban J connectivity index is 2.32. The highest BCUT2D eigenvalue weighted by Gasteiger charge is 2.17. The monoisotopic (exact) mass is 237 g/mol. The zero-order valence-electron chi connectivity index (χ0n) is 9.95. The lowest BCUT2D eigenvalue weighted by molar-refractivity contribution is 0.339. The summed E-state index contributed by atoms with van der Waals surface area (Å²) in [6.07, 6.45) is 1.20. The molecule has 0 aliphatic carbocycles. The fourth-order valence-electron chi connectivity index (χ4n) is 2.12. The summed E-state index contributed by atoms with van der Waals surface area (Å²) in [7, 11) is 2.04. The first kappa shape index (κ1) is 11.8. The fraction of sp³-hybridized carbons (Fsp3) is 0.538. The van der Waals surface area contributed by atoms with Crippen molar-refractivity contribution in [2.45, 2.75) is 25.1 Å². The van der Waals surface area contributed by atoms with Gasteiger partial charge in [-0.3, -0.25) is 0 Å². The third-order valence-electron chi connectivity index (χ3n) is 2.96. The number of benzene rings is 1. The van der Waals surface area contributed by atoms with E-state index in [0.29, 0.717) is 6.04 Å². The quantitative estimate of drug-likeness (QED) is 0.873. The third-order valence-corrected chi connectivity index (χ3v) is 4.00. The molecule has 1 aromatic carbocycles. The predicted octanol–water partition coefficient (Wildman–Crippen LogP) is 2.98. The van der Waals surface area contributed by atoms with Crippen molar-refractivity contribution in [3.63, 3.8) is 0 Å². The standard InChI is InChI=1S/C13H19NOS/c1-3-15-11-5-4-10-9-16-7-6-13(14-2)12(10)8-11/h4-5,8,13-14H,3,6-7,9H2,1-2H3. The molecule has 16 heavy (non-hydrogen) atoms. The molecule has 0 spiro atoms. The number of fused-ring (bicyclic) bond motifs is 1. The molecule has 1 atom stereocenters. The van der Waals surface area contributed by atoms with E-state index in [4.69, 9.17) is 4.74 Å². The molecule has 1 aliphatic heterocycles. The van der Waals surface area contributed by atoms with Crippen LogP contribution in [-0.2, 0) is 5.75 Å². The molecule has 1 unspecified atom stereocenters. The molecule has 88 valence electrons. The van der Waals surface area contributed by atoms with E-state index in [2.05, 4.69) is 23.5 Å². The van der Waals surface area contributed by atoms with Crippen molar-refractivity contribution in [2.24, 2.45) is 0 Å². The molecule has 1 aliphatic rings. The van der Waals surface area contributed by atoms with E-state index in [1.807, 2.05) is 25.7 Å². The van der Waals surface area contributed by atoms with Crippen LogP contribution in [0.4, 0.5) is 0 Å². The van der Waals surface area contributed by atoms with Crippen molar-refractivity contribution in [2.75, 3.05) is 19.4 Å². The van der Waals surface area contributed by atoms with Gasteiger partial charge in [-0.2, -0.15) is 11.8 Å². The lowest BCUT2D eigenvalue weighted by Crippen LogP contribution is -2.17. The van der Waals surface area contributed by atoms with Gasteiger partial charge in [0.2, 0.25) is 0 Å². The minimum absolute atomic E-state index is 0.477. The summed E-state index contributed by atoms with van der Waals surface area (Å²) < 4.78 is 5.57. The van der Waals surface area contributed by atoms with Crippen molar-refractivity contribution in [3.05, 3.63) is 29.3 Å². The summed E-state index contributed by atoms with van der Waals surface area (Å²) in [5, 5.41) is 3.40. The number of rotatable bonds is 3. The van der Waals surface area contributed by atoms with E-state index in [1.165, 1.54) is 23.3 Å². The lowest BCUT2D eigenvalue weighted by Gasteiger charge is -2.17. The van der Waals surface area contributed by atoms with Crippen molar-refractivity contribution >= 4 is 11.8 Å². The zero-order chi connectivity index (χ0) is 11.4. The summed E-state index contributed by atoms with van der Waals surface area (Å²) in [6, 6.07) is 6.97. The van der Waals surface area contributed by atoms with Crippen LogP contribution in [0.25, 0.3) is 0 Å². The molecule has 0 fully saturated rings. The second-order valence-electron chi connectivity index (χ2n) is 3.98. The minimum atomic E-state index is 0.477. The Morgan fingerprint density at radius 2 is 2.38 bits per heavy atom. The van der Waals surface area contributed by atoms with Gasteiger partial charge in [0, 0.05) is 11.8 Å². The van der Waals surface area contributed by atoms with Gasteiger partial charge in [-0.1, -0.05) is 6.07 Å². The van der Waals surface area contributed by atoms with E-state index >= 15 is 0 Å². The predicted molar refractivity (Wildman–Crippen MR) is 70.2 cm³/mol. The largest absolute Gasteiger partial charge is 0.494 e. The fourth-order valence-corrected chi connectivity index (χ4v) is 3.15. The highest BCUT2D eigenvalue weighted by molar-refractivity contribution is 7.98. The van der Waals surface area contributed by atoms with Crippen LogP contribution < -0.4 is 10.1 Å². The van der Waals surface area contributed by atoms with Gasteiger partial charge in [0.25, 0.3) is 0 Å². The minimum Gasteiger partial charge on any atom is -0.494 e. The summed E-state index contributed by atoms with van der Waals surface area (Å²) in [4.78, 5) is 0. The molecule has 3 heteroatoms. The molecule has 2 nitrogen and oxygen atoms in total. The molecule has 0 aromatic heterocycles. The molecule has 0 bridgehead atoms. The van der Waals surface area contributed by atoms with Crippen LogP contribution in [0.2, 0.25) is 0 Å². The molecule has 1 N–H and O–H groups in total. The van der Waals surface area contributed by atoms with Crippen molar-refractivity contribution < 1.29 is 4.74 Å². The smallest absolute Gasteiger partial charge is 0.119 e. The molecule has 0 amide bonds. The van der Waals surface area contributed by atoms with Crippen LogP contribution in [0.5, 0.6) is 5.75 Å². The normalized spacial score (nSPS) is 20.0. The molecule has 1 aromatic rings. The van der Waals surface area contributed by atoms with E-state index in [9.17, 15) is 0 Å². The van der Waals surface area contributed by atoms with Crippen LogP contribution in [0.1, 0.15) is 30.5 Å². The number of hydrogen-bond acceptors (Lipinski definition) is 3. The van der Waals surface area contributed by atoms with Gasteiger partial charge in [0.1, 0.15) is 5.75 Å². The lowest BCUT2D eigenvalue weighted by atomic mass is 9.99. The Morgan fingerprint density at radius 1 is 1.50 bits per heavy atom. The molecule has 1 heterocycles. The number of nitrogens with one attached hydrogen (secondary N) is 1. The number of ether oxygens (including phenoxy) is 1. The topological polar surface area (TPSA) is 21.3 Å². The van der Waals surface area contributed by atoms with Gasteiger partial charge in [-0.15, -0.1) is 0 Å². The summed E-state index contributed by atoms with van der Waals surface area (Å²) >= 11 is 2.02. The van der Waals surface area contributed by atoms with Crippen LogP contribution in [0, 0.1) is 0 Å². The van der Waals surface area contributed by atoms with Gasteiger partial charge in [-0.25, -0.2) is 0 Å². The molecular formula is C13H19NOS. The highest BCUT2D eigenvalue weighted by atomic mass is 32.2. The molecule has 0 saturated heterocycles. The van der Waals surface area contributed by atoms with Gasteiger partial charge in [0.15, 0.2) is 0 Å². The van der Waals surface area contributed by atoms with E-state index in [1.54, 1.807) is 0 Å². The second kappa shape index (κ2) is 5.60. The van der Waals surface area contributed by atoms with Crippen LogP contribution >= 0.6 is 11.8 Å². The maximum Gasteiger partial charge on any atom is 0.119 e. The Hall–Kier alpha value is -0.670. The van der Waals surface area contributed by atoms with Crippen molar-refractivity contribution in [1.82, 2.24) is 5.32 Å². The van der Waals surface area contributed by atoms with Gasteiger partial charge < -0.3 is 10.1 Å². The Kier molecular flexibility index (Phi) is 4.13. The van der Waals surface area contributed by atoms with Crippen LogP contribution in [0.15, 0.2) is 18.2 Å². The SMILES string of the molecule is CCOc1ccc2c(c1)C(NC)CCSC2. The highest BCUT2D eigenvalue weighted by Crippen LogP contribution is 2.32. The van der Waals surface area contributed by atoms with Crippen molar-refractivity contribution in [1.29, 1.82) is 0 Å². The molecule has 2 rings (SSSR count). The first-order chi connectivity index (χ1) is 7.85. The van der Waals surface area contributed by atoms with Gasteiger partial charge in [0.05, 0.1) is 6.61 Å². The van der Waals surface area contributed by atoms with E-state index in [0.717, 1.165) is 18.1 Å². The van der Waals surface area contributed by atoms with Crippen LogP contribution in [0.3, 0.4) is 0 Å². The molecule has 0 radical (unpaired) electrons. The van der Waals surface area contributed by atoms with Gasteiger partial charge >= 0.3 is 0 Å². The van der Waals surface area contributed by atoms with E-state index < -0.39 is 0 Å². The van der Waals surface area contributed by atoms with Crippen molar-refractivity contribution in [3.8, 4) is 5.75 Å². The van der Waals surface area contributed by atoms with Gasteiger partial charge in [-0.05, 0) is 49.4 Å². The average Bonchev–Trinajstić information content (AvgIpc) is 2.51.